The van der Waals surface area contributed by atoms with Crippen molar-refractivity contribution < 1.29 is 13.2 Å². The zero-order valence-corrected chi connectivity index (χ0v) is 19.0. The van der Waals surface area contributed by atoms with E-state index in [2.05, 4.69) is 10.3 Å². The molecule has 0 saturated carbocycles. The van der Waals surface area contributed by atoms with Crippen LogP contribution in [0.15, 0.2) is 41.4 Å². The topological polar surface area (TPSA) is 82.6 Å². The van der Waals surface area contributed by atoms with E-state index >= 15 is 0 Å². The number of pyridine rings is 1. The van der Waals surface area contributed by atoms with Crippen LogP contribution in [0.5, 0.6) is 0 Å². The minimum absolute atomic E-state index is 0.0815. The quantitative estimate of drug-likeness (QED) is 0.770. The molecule has 4 rings (SSSR count). The predicted octanol–water partition coefficient (Wildman–Crippen LogP) is 3.07. The molecule has 31 heavy (non-hydrogen) atoms. The third-order valence-electron chi connectivity index (χ3n) is 6.25. The summed E-state index contributed by atoms with van der Waals surface area (Å²) in [6.07, 6.45) is 6.97. The monoisotopic (exact) mass is 442 g/mol. The number of carbonyl (C=O) groups excluding carboxylic acids is 1. The van der Waals surface area contributed by atoms with Crippen molar-refractivity contribution in [1.82, 2.24) is 9.29 Å². The SMILES string of the molecule is CN(C)c1ncccc1NC(=O)C1CCN(S(=O)(=O)c2ccc3c(c2)CCCC3)CC1. The van der Waals surface area contributed by atoms with Gasteiger partial charge in [-0.15, -0.1) is 0 Å². The van der Waals surface area contributed by atoms with Crippen molar-refractivity contribution in [2.45, 2.75) is 43.4 Å². The summed E-state index contributed by atoms with van der Waals surface area (Å²) in [5.74, 6) is 0.399. The fourth-order valence-corrected chi connectivity index (χ4v) is 5.98. The molecule has 0 atom stereocenters. The van der Waals surface area contributed by atoms with Crippen LogP contribution in [0.4, 0.5) is 11.5 Å². The molecule has 7 nitrogen and oxygen atoms in total. The van der Waals surface area contributed by atoms with Crippen LogP contribution in [0.3, 0.4) is 0 Å². The smallest absolute Gasteiger partial charge is 0.243 e. The van der Waals surface area contributed by atoms with Crippen molar-refractivity contribution in [3.8, 4) is 0 Å². The average molecular weight is 443 g/mol. The molecule has 1 aromatic carbocycles. The third kappa shape index (κ3) is 4.60. The Hall–Kier alpha value is -2.45. The molecule has 0 unspecified atom stereocenters. The van der Waals surface area contributed by atoms with Crippen molar-refractivity contribution in [1.29, 1.82) is 0 Å². The van der Waals surface area contributed by atoms with E-state index in [1.165, 1.54) is 16.3 Å². The summed E-state index contributed by atoms with van der Waals surface area (Å²) in [6, 6.07) is 9.18. The molecule has 2 aromatic rings. The van der Waals surface area contributed by atoms with Gasteiger partial charge in [-0.3, -0.25) is 4.79 Å². The minimum Gasteiger partial charge on any atom is -0.361 e. The number of fused-ring (bicyclic) bond motifs is 1. The standard InChI is InChI=1S/C23H30N4O3S/c1-26(2)22-21(8-5-13-24-22)25-23(28)18-11-14-27(15-12-18)31(29,30)20-10-9-17-6-3-4-7-19(17)16-20/h5,8-10,13,16,18H,3-4,6-7,11-12,14-15H2,1-2H3,(H,25,28). The van der Waals surface area contributed by atoms with Gasteiger partial charge in [0.15, 0.2) is 5.82 Å². The number of nitrogens with one attached hydrogen (secondary N) is 1. The molecule has 0 radical (unpaired) electrons. The van der Waals surface area contributed by atoms with Gasteiger partial charge in [0, 0.05) is 39.3 Å². The highest BCUT2D eigenvalue weighted by Gasteiger charge is 2.32. The number of hydrogen-bond acceptors (Lipinski definition) is 5. The van der Waals surface area contributed by atoms with Gasteiger partial charge in [0.2, 0.25) is 15.9 Å². The molecular weight excluding hydrogens is 412 g/mol. The first-order chi connectivity index (χ1) is 14.9. The fraction of sp³-hybridized carbons (Fsp3) is 0.478. The normalized spacial score (nSPS) is 17.7. The molecule has 0 bridgehead atoms. The van der Waals surface area contributed by atoms with Crippen molar-refractivity contribution in [2.24, 2.45) is 5.92 Å². The zero-order valence-electron chi connectivity index (χ0n) is 18.2. The second kappa shape index (κ2) is 8.96. The highest BCUT2D eigenvalue weighted by molar-refractivity contribution is 7.89. The lowest BCUT2D eigenvalue weighted by Gasteiger charge is -2.31. The number of hydrogen-bond donors (Lipinski definition) is 1. The van der Waals surface area contributed by atoms with Crippen LogP contribution in [-0.4, -0.2) is 50.8 Å². The van der Waals surface area contributed by atoms with Crippen molar-refractivity contribution >= 4 is 27.4 Å². The summed E-state index contributed by atoms with van der Waals surface area (Å²) < 4.78 is 27.9. The van der Waals surface area contributed by atoms with E-state index in [0.717, 1.165) is 24.8 Å². The Morgan fingerprint density at radius 1 is 1.10 bits per heavy atom. The first-order valence-corrected chi connectivity index (χ1v) is 12.4. The molecule has 2 aliphatic rings. The Morgan fingerprint density at radius 3 is 2.52 bits per heavy atom. The summed E-state index contributed by atoms with van der Waals surface area (Å²) in [6.45, 7) is 0.705. The number of sulfonamides is 1. The Morgan fingerprint density at radius 2 is 1.81 bits per heavy atom. The number of aromatic nitrogens is 1. The lowest BCUT2D eigenvalue weighted by Crippen LogP contribution is -2.41. The number of benzene rings is 1. The maximum Gasteiger partial charge on any atom is 0.243 e. The molecule has 2 heterocycles. The number of nitrogens with zero attached hydrogens (tertiary/aromatic N) is 3. The predicted molar refractivity (Wildman–Crippen MR) is 122 cm³/mol. The molecule has 1 amide bonds. The lowest BCUT2D eigenvalue weighted by molar-refractivity contribution is -0.120. The van der Waals surface area contributed by atoms with Gasteiger partial charge in [-0.2, -0.15) is 4.31 Å². The number of rotatable bonds is 5. The Balaban J connectivity index is 1.41. The van der Waals surface area contributed by atoms with Gasteiger partial charge in [0.25, 0.3) is 0 Å². The number of anilines is 2. The summed E-state index contributed by atoms with van der Waals surface area (Å²) >= 11 is 0. The molecule has 1 aliphatic carbocycles. The van der Waals surface area contributed by atoms with Gasteiger partial charge < -0.3 is 10.2 Å². The van der Waals surface area contributed by atoms with Crippen LogP contribution in [0.1, 0.15) is 36.8 Å². The van der Waals surface area contributed by atoms with E-state index in [1.54, 1.807) is 18.3 Å². The molecule has 1 aliphatic heterocycles. The van der Waals surface area contributed by atoms with Gasteiger partial charge >= 0.3 is 0 Å². The first kappa shape index (κ1) is 21.8. The fourth-order valence-electron chi connectivity index (χ4n) is 4.46. The second-order valence-electron chi connectivity index (χ2n) is 8.57. The summed E-state index contributed by atoms with van der Waals surface area (Å²) in [5, 5.41) is 2.97. The largest absolute Gasteiger partial charge is 0.361 e. The van der Waals surface area contributed by atoms with Gasteiger partial charge in [0.05, 0.1) is 10.6 Å². The van der Waals surface area contributed by atoms with Crippen molar-refractivity contribution in [3.05, 3.63) is 47.7 Å². The molecule has 1 saturated heterocycles. The zero-order chi connectivity index (χ0) is 22.0. The molecule has 1 aromatic heterocycles. The van der Waals surface area contributed by atoms with E-state index in [4.69, 9.17) is 0 Å². The van der Waals surface area contributed by atoms with Crippen molar-refractivity contribution in [3.63, 3.8) is 0 Å². The van der Waals surface area contributed by atoms with Crippen LogP contribution in [0.2, 0.25) is 0 Å². The second-order valence-corrected chi connectivity index (χ2v) is 10.5. The Labute approximate surface area is 184 Å². The number of carbonyl (C=O) groups is 1. The van der Waals surface area contributed by atoms with Crippen LogP contribution >= 0.6 is 0 Å². The van der Waals surface area contributed by atoms with Gasteiger partial charge in [-0.05, 0) is 73.9 Å². The highest BCUT2D eigenvalue weighted by Crippen LogP contribution is 2.29. The van der Waals surface area contributed by atoms with E-state index in [-0.39, 0.29) is 11.8 Å². The van der Waals surface area contributed by atoms with E-state index in [0.29, 0.717) is 42.3 Å². The van der Waals surface area contributed by atoms with E-state index < -0.39 is 10.0 Å². The first-order valence-electron chi connectivity index (χ1n) is 10.9. The molecule has 8 heteroatoms. The third-order valence-corrected chi connectivity index (χ3v) is 8.15. The minimum atomic E-state index is -3.54. The molecule has 0 spiro atoms. The van der Waals surface area contributed by atoms with Crippen LogP contribution in [0, 0.1) is 5.92 Å². The maximum atomic E-state index is 13.2. The molecule has 166 valence electrons. The molecular formula is C23H30N4O3S. The average Bonchev–Trinajstić information content (AvgIpc) is 2.79. The lowest BCUT2D eigenvalue weighted by atomic mass is 9.92. The summed E-state index contributed by atoms with van der Waals surface area (Å²) in [4.78, 5) is 19.3. The van der Waals surface area contributed by atoms with Gasteiger partial charge in [0.1, 0.15) is 0 Å². The van der Waals surface area contributed by atoms with Crippen LogP contribution in [0.25, 0.3) is 0 Å². The number of piperidine rings is 1. The highest BCUT2D eigenvalue weighted by atomic mass is 32.2. The summed E-state index contributed by atoms with van der Waals surface area (Å²) in [7, 11) is 0.218. The van der Waals surface area contributed by atoms with E-state index in [1.807, 2.05) is 37.2 Å². The van der Waals surface area contributed by atoms with E-state index in [9.17, 15) is 13.2 Å². The Kier molecular flexibility index (Phi) is 6.29. The number of amides is 1. The van der Waals surface area contributed by atoms with Crippen LogP contribution < -0.4 is 10.2 Å². The molecule has 1 N–H and O–H groups in total. The molecule has 1 fully saturated rings. The maximum absolute atomic E-state index is 13.2. The Bertz CT molecular complexity index is 1060. The van der Waals surface area contributed by atoms with Crippen LogP contribution in [-0.2, 0) is 27.7 Å². The van der Waals surface area contributed by atoms with Gasteiger partial charge in [-0.25, -0.2) is 13.4 Å². The van der Waals surface area contributed by atoms with Gasteiger partial charge in [-0.1, -0.05) is 6.07 Å². The number of aryl methyl sites for hydroxylation is 2. The summed E-state index contributed by atoms with van der Waals surface area (Å²) in [5.41, 5.74) is 3.10. The van der Waals surface area contributed by atoms with Crippen molar-refractivity contribution in [2.75, 3.05) is 37.4 Å².